The summed E-state index contributed by atoms with van der Waals surface area (Å²) in [4.78, 5) is 0. The summed E-state index contributed by atoms with van der Waals surface area (Å²) in [6, 6.07) is 4.07. The van der Waals surface area contributed by atoms with E-state index in [0.717, 1.165) is 12.3 Å². The molecule has 0 fully saturated rings. The van der Waals surface area contributed by atoms with Crippen molar-refractivity contribution >= 4 is 0 Å². The van der Waals surface area contributed by atoms with Crippen LogP contribution in [-0.4, -0.2) is 13.8 Å². The third kappa shape index (κ3) is 2.92. The van der Waals surface area contributed by atoms with Crippen molar-refractivity contribution in [2.45, 2.75) is 20.4 Å². The van der Waals surface area contributed by atoms with Crippen LogP contribution in [0.15, 0.2) is 12.1 Å². The van der Waals surface area contributed by atoms with Crippen LogP contribution in [0.2, 0.25) is 0 Å². The largest absolute Gasteiger partial charge is 0.496 e. The molecule has 0 saturated heterocycles. The van der Waals surface area contributed by atoms with Crippen molar-refractivity contribution < 1.29 is 4.74 Å². The molecule has 0 amide bonds. The smallest absolute Gasteiger partial charge is 0.122 e. The van der Waals surface area contributed by atoms with Crippen molar-refractivity contribution in [3.05, 3.63) is 28.8 Å². The number of benzene rings is 1. The van der Waals surface area contributed by atoms with Gasteiger partial charge in [0.25, 0.3) is 0 Å². The third-order valence-electron chi connectivity index (χ3n) is 2.61. The van der Waals surface area contributed by atoms with E-state index >= 15 is 0 Å². The van der Waals surface area contributed by atoms with Crippen LogP contribution in [0, 0.1) is 13.8 Å². The topological polar surface area (TPSA) is 59.3 Å². The fraction of sp³-hybridized carbons (Fsp3) is 0.455. The highest BCUT2D eigenvalue weighted by Gasteiger charge is 2.05. The molecule has 0 bridgehead atoms. The molecule has 0 heterocycles. The first-order chi connectivity index (χ1) is 7.20. The summed E-state index contributed by atoms with van der Waals surface area (Å²) in [5, 5.41) is 3.18. The van der Waals surface area contributed by atoms with Crippen LogP contribution in [0.3, 0.4) is 0 Å². The lowest BCUT2D eigenvalue weighted by atomic mass is 10.0. The van der Waals surface area contributed by atoms with Gasteiger partial charge in [0.05, 0.1) is 13.8 Å². The molecule has 1 aromatic carbocycles. The van der Waals surface area contributed by atoms with Crippen molar-refractivity contribution in [2.75, 3.05) is 13.8 Å². The third-order valence-corrected chi connectivity index (χ3v) is 2.61. The van der Waals surface area contributed by atoms with E-state index in [2.05, 4.69) is 30.7 Å². The van der Waals surface area contributed by atoms with Crippen molar-refractivity contribution in [3.63, 3.8) is 0 Å². The molecule has 4 nitrogen and oxygen atoms in total. The fourth-order valence-corrected chi connectivity index (χ4v) is 1.53. The summed E-state index contributed by atoms with van der Waals surface area (Å²) in [6.07, 6.45) is 0. The first-order valence-electron chi connectivity index (χ1n) is 4.98. The second-order valence-corrected chi connectivity index (χ2v) is 3.48. The zero-order valence-electron chi connectivity index (χ0n) is 9.55. The number of ether oxygens (including phenoxy) is 1. The molecule has 0 unspecified atom stereocenters. The van der Waals surface area contributed by atoms with Crippen LogP contribution in [0.1, 0.15) is 16.7 Å². The zero-order valence-corrected chi connectivity index (χ0v) is 9.55. The maximum atomic E-state index is 5.25. The molecule has 0 aromatic heterocycles. The predicted octanol–water partition coefficient (Wildman–Crippen LogP) is 0.822. The van der Waals surface area contributed by atoms with Crippen LogP contribution in [0.5, 0.6) is 5.75 Å². The molecule has 1 aromatic rings. The molecule has 0 aliphatic carbocycles. The van der Waals surface area contributed by atoms with Gasteiger partial charge >= 0.3 is 0 Å². The minimum Gasteiger partial charge on any atom is -0.496 e. The second kappa shape index (κ2) is 5.70. The van der Waals surface area contributed by atoms with Gasteiger partial charge in [0.2, 0.25) is 0 Å². The van der Waals surface area contributed by atoms with E-state index in [1.54, 1.807) is 7.11 Å². The molecule has 0 aliphatic rings. The summed E-state index contributed by atoms with van der Waals surface area (Å²) in [7, 11) is 1.69. The van der Waals surface area contributed by atoms with Crippen molar-refractivity contribution in [3.8, 4) is 5.75 Å². The normalized spacial score (nSPS) is 10.4. The van der Waals surface area contributed by atoms with Crippen LogP contribution >= 0.6 is 0 Å². The van der Waals surface area contributed by atoms with Gasteiger partial charge in [0.1, 0.15) is 5.75 Å². The van der Waals surface area contributed by atoms with Gasteiger partial charge < -0.3 is 4.74 Å². The lowest BCUT2D eigenvalue weighted by molar-refractivity contribution is 0.411. The first-order valence-corrected chi connectivity index (χ1v) is 4.98. The Morgan fingerprint density at radius 3 is 2.60 bits per heavy atom. The van der Waals surface area contributed by atoms with Crippen LogP contribution in [-0.2, 0) is 6.54 Å². The number of hydrogen-bond acceptors (Lipinski definition) is 4. The highest BCUT2D eigenvalue weighted by molar-refractivity contribution is 5.43. The second-order valence-electron chi connectivity index (χ2n) is 3.48. The number of hydrogen-bond donors (Lipinski definition) is 3. The molecule has 84 valence electrons. The molecule has 4 N–H and O–H groups in total. The number of hydrazine groups is 1. The van der Waals surface area contributed by atoms with Gasteiger partial charge in [-0.1, -0.05) is 6.07 Å². The molecule has 0 spiro atoms. The highest BCUT2D eigenvalue weighted by Crippen LogP contribution is 2.23. The number of nitrogens with one attached hydrogen (secondary N) is 2. The molecule has 0 atom stereocenters. The number of nitrogens with two attached hydrogens (primary N) is 1. The molecular weight excluding hydrogens is 190 g/mol. The van der Waals surface area contributed by atoms with Crippen molar-refractivity contribution in [2.24, 2.45) is 5.84 Å². The highest BCUT2D eigenvalue weighted by atomic mass is 16.5. The molecule has 4 heteroatoms. The zero-order chi connectivity index (χ0) is 11.3. The molecule has 0 saturated carbocycles. The van der Waals surface area contributed by atoms with E-state index in [-0.39, 0.29) is 0 Å². The van der Waals surface area contributed by atoms with Crippen LogP contribution in [0.4, 0.5) is 0 Å². The summed E-state index contributed by atoms with van der Waals surface area (Å²) in [6.45, 7) is 5.58. The van der Waals surface area contributed by atoms with E-state index in [0.29, 0.717) is 6.67 Å². The fourth-order valence-electron chi connectivity index (χ4n) is 1.53. The van der Waals surface area contributed by atoms with Gasteiger partial charge in [0, 0.05) is 6.54 Å². The summed E-state index contributed by atoms with van der Waals surface area (Å²) >= 11 is 0. The molecule has 0 radical (unpaired) electrons. The average molecular weight is 209 g/mol. The molecule has 15 heavy (non-hydrogen) atoms. The van der Waals surface area contributed by atoms with Gasteiger partial charge in [-0.05, 0) is 36.6 Å². The standard InChI is InChI=1S/C11H19N3O/c1-8-9(2)11(15-3)5-4-10(8)6-13-7-14-12/h4-5,13-14H,6-7,12H2,1-3H3. The van der Waals surface area contributed by atoms with Crippen LogP contribution < -0.4 is 21.3 Å². The van der Waals surface area contributed by atoms with E-state index in [1.165, 1.54) is 16.7 Å². The summed E-state index contributed by atoms with van der Waals surface area (Å²) < 4.78 is 5.25. The van der Waals surface area contributed by atoms with Gasteiger partial charge in [-0.3, -0.25) is 11.2 Å². The van der Waals surface area contributed by atoms with Gasteiger partial charge in [0.15, 0.2) is 0 Å². The van der Waals surface area contributed by atoms with E-state index in [9.17, 15) is 0 Å². The molecular formula is C11H19N3O. The Hall–Kier alpha value is -1.10. The SMILES string of the molecule is COc1ccc(CNCNN)c(C)c1C. The van der Waals surface area contributed by atoms with E-state index < -0.39 is 0 Å². The first kappa shape index (κ1) is 12.0. The lowest BCUT2D eigenvalue weighted by Gasteiger charge is -2.13. The van der Waals surface area contributed by atoms with Gasteiger partial charge in [-0.15, -0.1) is 0 Å². The maximum Gasteiger partial charge on any atom is 0.122 e. The lowest BCUT2D eigenvalue weighted by Crippen LogP contribution is -2.33. The van der Waals surface area contributed by atoms with Gasteiger partial charge in [-0.2, -0.15) is 0 Å². The maximum absolute atomic E-state index is 5.25. The number of rotatable bonds is 5. The number of methoxy groups -OCH3 is 1. The Morgan fingerprint density at radius 2 is 2.00 bits per heavy atom. The van der Waals surface area contributed by atoms with E-state index in [4.69, 9.17) is 10.6 Å². The minimum absolute atomic E-state index is 0.602. The predicted molar refractivity (Wildman–Crippen MR) is 61.5 cm³/mol. The Balaban J connectivity index is 2.77. The van der Waals surface area contributed by atoms with Crippen LogP contribution in [0.25, 0.3) is 0 Å². The Morgan fingerprint density at radius 1 is 1.27 bits per heavy atom. The Kier molecular flexibility index (Phi) is 4.55. The quantitative estimate of drug-likeness (QED) is 0.291. The molecule has 0 aliphatic heterocycles. The minimum atomic E-state index is 0.602. The molecule has 1 rings (SSSR count). The Labute approximate surface area is 90.8 Å². The average Bonchev–Trinajstić information content (AvgIpc) is 2.25. The van der Waals surface area contributed by atoms with Crippen molar-refractivity contribution in [1.82, 2.24) is 10.7 Å². The summed E-state index contributed by atoms with van der Waals surface area (Å²) in [5.41, 5.74) is 6.28. The monoisotopic (exact) mass is 209 g/mol. The van der Waals surface area contributed by atoms with Crippen molar-refractivity contribution in [1.29, 1.82) is 0 Å². The van der Waals surface area contributed by atoms with E-state index in [1.807, 2.05) is 6.07 Å². The summed E-state index contributed by atoms with van der Waals surface area (Å²) in [5.74, 6) is 6.11. The van der Waals surface area contributed by atoms with Gasteiger partial charge in [-0.25, -0.2) is 5.43 Å². The Bertz CT molecular complexity index is 326.